The minimum Gasteiger partial charge on any atom is -0.494 e. The summed E-state index contributed by atoms with van der Waals surface area (Å²) in [6.07, 6.45) is 9.70. The number of anilines is 1. The van der Waals surface area contributed by atoms with Crippen molar-refractivity contribution in [2.45, 2.75) is 45.1 Å². The van der Waals surface area contributed by atoms with Crippen molar-refractivity contribution in [1.29, 1.82) is 0 Å². The zero-order valence-corrected chi connectivity index (χ0v) is 17.0. The lowest BCUT2D eigenvalue weighted by Crippen LogP contribution is -2.28. The van der Waals surface area contributed by atoms with E-state index in [0.717, 1.165) is 62.1 Å². The van der Waals surface area contributed by atoms with Crippen LogP contribution < -0.4 is 10.1 Å². The number of unbranched alkanes of at least 4 members (excludes halogenated alkanes) is 1. The Morgan fingerprint density at radius 3 is 2.81 bits per heavy atom. The SMILES string of the molecule is C[C@@H]1CCCN1CCCOc1ccc(-n2cc(NCCCCCl)cn2)cc1. The monoisotopic (exact) mass is 390 g/mol. The van der Waals surface area contributed by atoms with Crippen LogP contribution in [0.4, 0.5) is 5.69 Å². The number of nitrogens with one attached hydrogen (secondary N) is 1. The average Bonchev–Trinajstić information content (AvgIpc) is 3.32. The van der Waals surface area contributed by atoms with Crippen molar-refractivity contribution >= 4 is 17.3 Å². The molecule has 1 saturated heterocycles. The van der Waals surface area contributed by atoms with Gasteiger partial charge in [-0.1, -0.05) is 0 Å². The number of benzene rings is 1. The maximum absolute atomic E-state index is 5.89. The Bertz CT molecular complexity index is 673. The van der Waals surface area contributed by atoms with Gasteiger partial charge in [0.2, 0.25) is 0 Å². The lowest BCUT2D eigenvalue weighted by Gasteiger charge is -2.20. The zero-order valence-electron chi connectivity index (χ0n) is 16.2. The molecule has 1 N–H and O–H groups in total. The number of rotatable bonds is 11. The molecule has 1 aromatic heterocycles. The van der Waals surface area contributed by atoms with Gasteiger partial charge in [-0.2, -0.15) is 5.10 Å². The molecule has 0 bridgehead atoms. The highest BCUT2D eigenvalue weighted by molar-refractivity contribution is 6.17. The van der Waals surface area contributed by atoms with E-state index in [-0.39, 0.29) is 0 Å². The van der Waals surface area contributed by atoms with E-state index in [1.165, 1.54) is 19.4 Å². The molecule has 0 unspecified atom stereocenters. The molecule has 1 atom stereocenters. The van der Waals surface area contributed by atoms with Crippen LogP contribution in [0.5, 0.6) is 5.75 Å². The van der Waals surface area contributed by atoms with Crippen LogP contribution in [-0.2, 0) is 0 Å². The molecule has 6 heteroatoms. The Balaban J connectivity index is 1.41. The lowest BCUT2D eigenvalue weighted by atomic mass is 10.2. The van der Waals surface area contributed by atoms with E-state index in [1.54, 1.807) is 0 Å². The molecule has 5 nitrogen and oxygen atoms in total. The number of ether oxygens (including phenoxy) is 1. The summed E-state index contributed by atoms with van der Waals surface area (Å²) in [4.78, 5) is 2.56. The zero-order chi connectivity index (χ0) is 18.9. The first-order valence-electron chi connectivity index (χ1n) is 10.1. The van der Waals surface area contributed by atoms with Crippen LogP contribution >= 0.6 is 11.6 Å². The number of hydrogen-bond acceptors (Lipinski definition) is 4. The van der Waals surface area contributed by atoms with Crippen LogP contribution in [0, 0.1) is 0 Å². The largest absolute Gasteiger partial charge is 0.494 e. The number of alkyl halides is 1. The van der Waals surface area contributed by atoms with E-state index in [1.807, 2.05) is 41.3 Å². The third kappa shape index (κ3) is 6.15. The second-order valence-corrected chi connectivity index (χ2v) is 7.60. The molecule has 0 radical (unpaired) electrons. The minimum absolute atomic E-state index is 0.715. The summed E-state index contributed by atoms with van der Waals surface area (Å²) in [6.45, 7) is 6.38. The number of likely N-dealkylation sites (tertiary alicyclic amines) is 1. The van der Waals surface area contributed by atoms with Gasteiger partial charge in [0.25, 0.3) is 0 Å². The summed E-state index contributed by atoms with van der Waals surface area (Å²) >= 11 is 5.70. The number of nitrogens with zero attached hydrogens (tertiary/aromatic N) is 3. The summed E-state index contributed by atoms with van der Waals surface area (Å²) in [5.41, 5.74) is 2.06. The molecule has 0 saturated carbocycles. The first-order chi connectivity index (χ1) is 13.3. The van der Waals surface area contributed by atoms with Crippen molar-refractivity contribution in [1.82, 2.24) is 14.7 Å². The molecule has 1 fully saturated rings. The topological polar surface area (TPSA) is 42.3 Å². The van der Waals surface area contributed by atoms with Crippen molar-refractivity contribution in [3.63, 3.8) is 0 Å². The van der Waals surface area contributed by atoms with Gasteiger partial charge in [-0.25, -0.2) is 4.68 Å². The van der Waals surface area contributed by atoms with E-state index in [2.05, 4.69) is 22.2 Å². The number of aromatic nitrogens is 2. The second kappa shape index (κ2) is 10.6. The smallest absolute Gasteiger partial charge is 0.119 e. The van der Waals surface area contributed by atoms with Gasteiger partial charge in [-0.3, -0.25) is 0 Å². The highest BCUT2D eigenvalue weighted by atomic mass is 35.5. The van der Waals surface area contributed by atoms with Gasteiger partial charge in [0.1, 0.15) is 5.75 Å². The Kier molecular flexibility index (Phi) is 7.84. The average molecular weight is 391 g/mol. The maximum atomic E-state index is 5.89. The van der Waals surface area contributed by atoms with Gasteiger partial charge >= 0.3 is 0 Å². The Hall–Kier alpha value is -1.72. The molecule has 2 heterocycles. The van der Waals surface area contributed by atoms with Crippen molar-refractivity contribution < 1.29 is 4.74 Å². The van der Waals surface area contributed by atoms with Gasteiger partial charge < -0.3 is 15.0 Å². The van der Waals surface area contributed by atoms with Crippen molar-refractivity contribution in [3.8, 4) is 11.4 Å². The summed E-state index contributed by atoms with van der Waals surface area (Å²) in [7, 11) is 0. The van der Waals surface area contributed by atoms with Crippen LogP contribution in [0.2, 0.25) is 0 Å². The van der Waals surface area contributed by atoms with Crippen LogP contribution in [-0.4, -0.2) is 52.8 Å². The fraction of sp³-hybridized carbons (Fsp3) is 0.571. The molecule has 1 aliphatic rings. The van der Waals surface area contributed by atoms with Crippen LogP contribution in [0.3, 0.4) is 0 Å². The molecule has 1 aliphatic heterocycles. The van der Waals surface area contributed by atoms with Crippen molar-refractivity contribution in [2.75, 3.05) is 37.4 Å². The molecular weight excluding hydrogens is 360 g/mol. The van der Waals surface area contributed by atoms with E-state index in [9.17, 15) is 0 Å². The van der Waals surface area contributed by atoms with Gasteiger partial charge in [0.05, 0.1) is 30.4 Å². The van der Waals surface area contributed by atoms with Gasteiger partial charge in [-0.05, 0) is 69.8 Å². The van der Waals surface area contributed by atoms with E-state index in [0.29, 0.717) is 5.88 Å². The highest BCUT2D eigenvalue weighted by Gasteiger charge is 2.19. The molecule has 0 amide bonds. The molecule has 1 aromatic carbocycles. The van der Waals surface area contributed by atoms with Crippen LogP contribution in [0.1, 0.15) is 39.0 Å². The van der Waals surface area contributed by atoms with Crippen molar-refractivity contribution in [3.05, 3.63) is 36.7 Å². The van der Waals surface area contributed by atoms with Gasteiger partial charge in [0.15, 0.2) is 0 Å². The molecule has 2 aromatic rings. The molecule has 148 valence electrons. The normalized spacial score (nSPS) is 17.3. The third-order valence-corrected chi connectivity index (χ3v) is 5.39. The van der Waals surface area contributed by atoms with Gasteiger partial charge in [0, 0.05) is 25.0 Å². The lowest BCUT2D eigenvalue weighted by molar-refractivity contribution is 0.230. The predicted molar refractivity (Wildman–Crippen MR) is 112 cm³/mol. The maximum Gasteiger partial charge on any atom is 0.119 e. The fourth-order valence-corrected chi connectivity index (χ4v) is 3.67. The number of halogens is 1. The number of hydrogen-bond donors (Lipinski definition) is 1. The Morgan fingerprint density at radius 1 is 1.22 bits per heavy atom. The Labute approximate surface area is 167 Å². The fourth-order valence-electron chi connectivity index (χ4n) is 3.49. The summed E-state index contributed by atoms with van der Waals surface area (Å²) in [6, 6.07) is 8.86. The first kappa shape index (κ1) is 20.0. The molecule has 27 heavy (non-hydrogen) atoms. The summed E-state index contributed by atoms with van der Waals surface area (Å²) in [5, 5.41) is 7.79. The minimum atomic E-state index is 0.715. The van der Waals surface area contributed by atoms with Crippen molar-refractivity contribution in [2.24, 2.45) is 0 Å². The second-order valence-electron chi connectivity index (χ2n) is 7.22. The molecular formula is C21H31ClN4O. The van der Waals surface area contributed by atoms with E-state index >= 15 is 0 Å². The van der Waals surface area contributed by atoms with E-state index in [4.69, 9.17) is 16.3 Å². The summed E-state index contributed by atoms with van der Waals surface area (Å²) < 4.78 is 7.77. The van der Waals surface area contributed by atoms with Crippen LogP contribution in [0.15, 0.2) is 36.7 Å². The van der Waals surface area contributed by atoms with E-state index < -0.39 is 0 Å². The van der Waals surface area contributed by atoms with Gasteiger partial charge in [-0.15, -0.1) is 11.6 Å². The molecule has 3 rings (SSSR count). The molecule has 0 aliphatic carbocycles. The predicted octanol–water partition coefficient (Wildman–Crippen LogP) is 4.56. The Morgan fingerprint density at radius 2 is 2.07 bits per heavy atom. The summed E-state index contributed by atoms with van der Waals surface area (Å²) in [5.74, 6) is 1.63. The quantitative estimate of drug-likeness (QED) is 0.451. The molecule has 0 spiro atoms. The standard InChI is InChI=1S/C21H31ClN4O/c1-18-6-4-13-25(18)14-5-15-27-21-9-7-20(8-10-21)26-17-19(16-24-26)23-12-3-2-11-22/h7-10,16-18,23H,2-6,11-15H2,1H3/t18-/m1/s1. The highest BCUT2D eigenvalue weighted by Crippen LogP contribution is 2.18. The van der Waals surface area contributed by atoms with Crippen LogP contribution in [0.25, 0.3) is 5.69 Å². The third-order valence-electron chi connectivity index (χ3n) is 5.12. The first-order valence-corrected chi connectivity index (χ1v) is 10.6.